The van der Waals surface area contributed by atoms with Gasteiger partial charge in [-0.05, 0) is 38.1 Å². The number of amides is 2. The molecule has 0 radical (unpaired) electrons. The molecular formula is C17H23N3O2. The molecule has 2 heterocycles. The molecule has 1 saturated heterocycles. The first-order chi connectivity index (χ1) is 10.7. The van der Waals surface area contributed by atoms with Crippen LogP contribution in [0.3, 0.4) is 0 Å². The van der Waals surface area contributed by atoms with Crippen molar-refractivity contribution >= 4 is 23.2 Å². The standard InChI is InChI=1S/C17H23N3O2/c21-16-12-20(15-9-5-4-8-14(15)18-16)17(22)13-19-10-6-2-1-3-7-11-19/h4-5,8-9H,1-3,6-7,10-13H2,(H,18,21). The van der Waals surface area contributed by atoms with E-state index in [2.05, 4.69) is 10.2 Å². The molecule has 2 aliphatic heterocycles. The normalized spacial score (nSPS) is 19.8. The topological polar surface area (TPSA) is 52.7 Å². The highest BCUT2D eigenvalue weighted by Gasteiger charge is 2.27. The van der Waals surface area contributed by atoms with Crippen molar-refractivity contribution in [2.45, 2.75) is 32.1 Å². The van der Waals surface area contributed by atoms with Crippen LogP contribution in [0.25, 0.3) is 0 Å². The van der Waals surface area contributed by atoms with Crippen LogP contribution in [-0.4, -0.2) is 42.9 Å². The fraction of sp³-hybridized carbons (Fsp3) is 0.529. The molecule has 5 nitrogen and oxygen atoms in total. The van der Waals surface area contributed by atoms with Gasteiger partial charge in [-0.25, -0.2) is 0 Å². The van der Waals surface area contributed by atoms with E-state index in [1.807, 2.05) is 24.3 Å². The van der Waals surface area contributed by atoms with Gasteiger partial charge >= 0.3 is 0 Å². The number of benzene rings is 1. The van der Waals surface area contributed by atoms with Crippen LogP contribution in [0.15, 0.2) is 24.3 Å². The van der Waals surface area contributed by atoms with E-state index < -0.39 is 0 Å². The Kier molecular flexibility index (Phi) is 4.73. The maximum absolute atomic E-state index is 12.7. The van der Waals surface area contributed by atoms with Crippen LogP contribution in [0.1, 0.15) is 32.1 Å². The highest BCUT2D eigenvalue weighted by Crippen LogP contribution is 2.29. The summed E-state index contributed by atoms with van der Waals surface area (Å²) in [6.45, 7) is 2.48. The van der Waals surface area contributed by atoms with Gasteiger partial charge in [-0.3, -0.25) is 19.4 Å². The molecule has 3 rings (SSSR count). The fourth-order valence-corrected chi connectivity index (χ4v) is 3.20. The zero-order valence-corrected chi connectivity index (χ0v) is 12.9. The molecule has 22 heavy (non-hydrogen) atoms. The Bertz CT molecular complexity index is 551. The molecule has 0 bridgehead atoms. The first kappa shape index (κ1) is 15.0. The second kappa shape index (κ2) is 6.92. The third kappa shape index (κ3) is 3.47. The fourth-order valence-electron chi connectivity index (χ4n) is 3.20. The summed E-state index contributed by atoms with van der Waals surface area (Å²) in [5, 5.41) is 2.82. The Morgan fingerprint density at radius 1 is 1.05 bits per heavy atom. The molecule has 0 aliphatic carbocycles. The Balaban J connectivity index is 1.70. The van der Waals surface area contributed by atoms with Gasteiger partial charge in [-0.2, -0.15) is 0 Å². The van der Waals surface area contributed by atoms with E-state index in [4.69, 9.17) is 0 Å². The lowest BCUT2D eigenvalue weighted by Gasteiger charge is -2.31. The SMILES string of the molecule is O=C1CN(C(=O)CN2CCCCCCC2)c2ccccc2N1. The van der Waals surface area contributed by atoms with Crippen molar-refractivity contribution in [3.05, 3.63) is 24.3 Å². The molecule has 2 aliphatic rings. The van der Waals surface area contributed by atoms with Crippen molar-refractivity contribution in [1.82, 2.24) is 4.90 Å². The van der Waals surface area contributed by atoms with Crippen molar-refractivity contribution in [2.24, 2.45) is 0 Å². The van der Waals surface area contributed by atoms with E-state index in [0.717, 1.165) is 37.3 Å². The van der Waals surface area contributed by atoms with Crippen LogP contribution >= 0.6 is 0 Å². The lowest BCUT2D eigenvalue weighted by atomic mass is 10.1. The monoisotopic (exact) mass is 301 g/mol. The van der Waals surface area contributed by atoms with Gasteiger partial charge in [0.1, 0.15) is 6.54 Å². The Labute approximate surface area is 131 Å². The average Bonchev–Trinajstić information content (AvgIpc) is 2.48. The molecule has 1 aromatic rings. The molecule has 5 heteroatoms. The quantitative estimate of drug-likeness (QED) is 0.911. The summed E-state index contributed by atoms with van der Waals surface area (Å²) in [4.78, 5) is 28.3. The molecule has 2 amide bonds. The van der Waals surface area contributed by atoms with Crippen molar-refractivity contribution in [3.8, 4) is 0 Å². The minimum atomic E-state index is -0.125. The zero-order valence-electron chi connectivity index (χ0n) is 12.9. The van der Waals surface area contributed by atoms with E-state index in [1.165, 1.54) is 19.3 Å². The maximum atomic E-state index is 12.7. The van der Waals surface area contributed by atoms with Gasteiger partial charge in [0.25, 0.3) is 0 Å². The number of para-hydroxylation sites is 2. The van der Waals surface area contributed by atoms with E-state index in [1.54, 1.807) is 4.90 Å². The van der Waals surface area contributed by atoms with Gasteiger partial charge < -0.3 is 5.32 Å². The number of hydrogen-bond acceptors (Lipinski definition) is 3. The lowest BCUT2D eigenvalue weighted by Crippen LogP contribution is -2.47. The van der Waals surface area contributed by atoms with E-state index in [9.17, 15) is 9.59 Å². The molecule has 0 unspecified atom stereocenters. The smallest absolute Gasteiger partial charge is 0.244 e. The molecule has 118 valence electrons. The van der Waals surface area contributed by atoms with Gasteiger partial charge in [0, 0.05) is 0 Å². The van der Waals surface area contributed by atoms with E-state index in [0.29, 0.717) is 6.54 Å². The molecule has 0 aromatic heterocycles. The number of carbonyl (C=O) groups excluding carboxylic acids is 2. The highest BCUT2D eigenvalue weighted by molar-refractivity contribution is 6.10. The largest absolute Gasteiger partial charge is 0.323 e. The van der Waals surface area contributed by atoms with Crippen molar-refractivity contribution in [3.63, 3.8) is 0 Å². The first-order valence-electron chi connectivity index (χ1n) is 8.15. The van der Waals surface area contributed by atoms with Gasteiger partial charge in [0.2, 0.25) is 11.8 Å². The summed E-state index contributed by atoms with van der Waals surface area (Å²) < 4.78 is 0. The number of anilines is 2. The van der Waals surface area contributed by atoms with Gasteiger partial charge in [-0.15, -0.1) is 0 Å². The third-order valence-corrected chi connectivity index (χ3v) is 4.38. The van der Waals surface area contributed by atoms with Crippen molar-refractivity contribution < 1.29 is 9.59 Å². The van der Waals surface area contributed by atoms with Crippen LogP contribution < -0.4 is 10.2 Å². The molecule has 1 N–H and O–H groups in total. The molecule has 0 saturated carbocycles. The predicted octanol–water partition coefficient (Wildman–Crippen LogP) is 2.24. The highest BCUT2D eigenvalue weighted by atomic mass is 16.2. The number of nitrogens with one attached hydrogen (secondary N) is 1. The molecule has 0 spiro atoms. The molecule has 1 aromatic carbocycles. The van der Waals surface area contributed by atoms with Crippen molar-refractivity contribution in [2.75, 3.05) is 36.4 Å². The maximum Gasteiger partial charge on any atom is 0.244 e. The molecule has 1 fully saturated rings. The summed E-state index contributed by atoms with van der Waals surface area (Å²) in [5.41, 5.74) is 1.53. The summed E-state index contributed by atoms with van der Waals surface area (Å²) in [5.74, 6) is -0.109. The Morgan fingerprint density at radius 3 is 2.50 bits per heavy atom. The second-order valence-electron chi connectivity index (χ2n) is 6.09. The van der Waals surface area contributed by atoms with Crippen LogP contribution in [0.5, 0.6) is 0 Å². The van der Waals surface area contributed by atoms with Gasteiger partial charge in [0.05, 0.1) is 17.9 Å². The van der Waals surface area contributed by atoms with Gasteiger partial charge in [0.15, 0.2) is 0 Å². The lowest BCUT2D eigenvalue weighted by molar-refractivity contribution is -0.122. The zero-order chi connectivity index (χ0) is 15.4. The Morgan fingerprint density at radius 2 is 1.73 bits per heavy atom. The third-order valence-electron chi connectivity index (χ3n) is 4.38. The first-order valence-corrected chi connectivity index (χ1v) is 8.15. The van der Waals surface area contributed by atoms with Crippen LogP contribution in [0, 0.1) is 0 Å². The predicted molar refractivity (Wildman–Crippen MR) is 86.9 cm³/mol. The van der Waals surface area contributed by atoms with E-state index >= 15 is 0 Å². The number of fused-ring (bicyclic) bond motifs is 1. The minimum absolute atomic E-state index is 0.0165. The van der Waals surface area contributed by atoms with Crippen LogP contribution in [0.4, 0.5) is 11.4 Å². The number of nitrogens with zero attached hydrogens (tertiary/aromatic N) is 2. The second-order valence-corrected chi connectivity index (χ2v) is 6.09. The van der Waals surface area contributed by atoms with Crippen LogP contribution in [-0.2, 0) is 9.59 Å². The number of likely N-dealkylation sites (tertiary alicyclic amines) is 1. The number of carbonyl (C=O) groups is 2. The minimum Gasteiger partial charge on any atom is -0.323 e. The van der Waals surface area contributed by atoms with E-state index in [-0.39, 0.29) is 18.4 Å². The number of hydrogen-bond donors (Lipinski definition) is 1. The van der Waals surface area contributed by atoms with Crippen LogP contribution in [0.2, 0.25) is 0 Å². The molecular weight excluding hydrogens is 278 g/mol. The Hall–Kier alpha value is -1.88. The summed E-state index contributed by atoms with van der Waals surface area (Å²) in [6.07, 6.45) is 6.12. The summed E-state index contributed by atoms with van der Waals surface area (Å²) >= 11 is 0. The number of rotatable bonds is 2. The average molecular weight is 301 g/mol. The summed E-state index contributed by atoms with van der Waals surface area (Å²) in [7, 11) is 0. The molecule has 0 atom stereocenters. The summed E-state index contributed by atoms with van der Waals surface area (Å²) in [6, 6.07) is 7.49. The van der Waals surface area contributed by atoms with Crippen molar-refractivity contribution in [1.29, 1.82) is 0 Å². The van der Waals surface area contributed by atoms with Gasteiger partial charge in [-0.1, -0.05) is 31.4 Å².